The zero-order valence-corrected chi connectivity index (χ0v) is 15.8. The van der Waals surface area contributed by atoms with E-state index in [9.17, 15) is 13.2 Å². The van der Waals surface area contributed by atoms with Gasteiger partial charge in [-0.3, -0.25) is 4.79 Å². The normalized spacial score (nSPS) is 18.7. The fourth-order valence-electron chi connectivity index (χ4n) is 2.93. The van der Waals surface area contributed by atoms with Crippen LogP contribution in [0.5, 0.6) is 5.75 Å². The molecule has 1 atom stereocenters. The number of rotatable bonds is 8. The van der Waals surface area contributed by atoms with Gasteiger partial charge in [0.2, 0.25) is 15.9 Å². The number of benzene rings is 1. The Morgan fingerprint density at radius 1 is 1.28 bits per heavy atom. The van der Waals surface area contributed by atoms with Crippen molar-refractivity contribution in [2.24, 2.45) is 5.92 Å². The summed E-state index contributed by atoms with van der Waals surface area (Å²) in [5.74, 6) is 0.330. The molecule has 1 aliphatic heterocycles. The molecule has 1 aromatic carbocycles. The lowest BCUT2D eigenvalue weighted by Gasteiger charge is -2.31. The molecule has 1 saturated heterocycles. The summed E-state index contributed by atoms with van der Waals surface area (Å²) in [5, 5.41) is 2.91. The van der Waals surface area contributed by atoms with E-state index in [2.05, 4.69) is 12.2 Å². The van der Waals surface area contributed by atoms with Crippen molar-refractivity contribution >= 4 is 15.9 Å². The summed E-state index contributed by atoms with van der Waals surface area (Å²) in [6.45, 7) is 5.83. The highest BCUT2D eigenvalue weighted by atomic mass is 32.2. The Hall–Kier alpha value is -1.60. The molecule has 140 valence electrons. The first kappa shape index (κ1) is 19.7. The molecule has 1 amide bonds. The minimum Gasteiger partial charge on any atom is -0.494 e. The summed E-state index contributed by atoms with van der Waals surface area (Å²) in [6, 6.07) is 6.45. The van der Waals surface area contributed by atoms with Crippen LogP contribution in [0.2, 0.25) is 0 Å². The molecule has 0 spiro atoms. The molecule has 0 radical (unpaired) electrons. The maximum Gasteiger partial charge on any atom is 0.243 e. The van der Waals surface area contributed by atoms with Crippen LogP contribution in [0, 0.1) is 5.92 Å². The van der Waals surface area contributed by atoms with Crippen LogP contribution < -0.4 is 10.1 Å². The van der Waals surface area contributed by atoms with Gasteiger partial charge in [-0.15, -0.1) is 0 Å². The van der Waals surface area contributed by atoms with E-state index in [0.717, 1.165) is 19.3 Å². The second-order valence-corrected chi connectivity index (χ2v) is 8.19. The molecule has 0 bridgehead atoms. The third-order valence-corrected chi connectivity index (χ3v) is 6.24. The van der Waals surface area contributed by atoms with Crippen molar-refractivity contribution in [1.82, 2.24) is 9.62 Å². The Morgan fingerprint density at radius 3 is 2.64 bits per heavy atom. The summed E-state index contributed by atoms with van der Waals surface area (Å²) in [5.41, 5.74) is 0. The van der Waals surface area contributed by atoms with Crippen LogP contribution in [0.25, 0.3) is 0 Å². The molecule has 25 heavy (non-hydrogen) atoms. The third kappa shape index (κ3) is 5.19. The van der Waals surface area contributed by atoms with Crippen LogP contribution in [0.15, 0.2) is 29.2 Å². The topological polar surface area (TPSA) is 75.7 Å². The molecule has 1 aliphatic rings. The van der Waals surface area contributed by atoms with Crippen molar-refractivity contribution < 1.29 is 17.9 Å². The minimum atomic E-state index is -3.59. The highest BCUT2D eigenvalue weighted by molar-refractivity contribution is 7.89. The smallest absolute Gasteiger partial charge is 0.243 e. The first-order valence-corrected chi connectivity index (χ1v) is 10.4. The van der Waals surface area contributed by atoms with Crippen molar-refractivity contribution in [1.29, 1.82) is 0 Å². The van der Waals surface area contributed by atoms with Gasteiger partial charge in [0.15, 0.2) is 0 Å². The number of sulfonamides is 1. The van der Waals surface area contributed by atoms with Gasteiger partial charge in [-0.1, -0.05) is 13.3 Å². The number of unbranched alkanes of at least 4 members (excludes halogenated alkanes) is 1. The Morgan fingerprint density at radius 2 is 2.00 bits per heavy atom. The summed E-state index contributed by atoms with van der Waals surface area (Å²) < 4.78 is 32.5. The van der Waals surface area contributed by atoms with E-state index in [1.54, 1.807) is 24.3 Å². The summed E-state index contributed by atoms with van der Waals surface area (Å²) in [4.78, 5) is 12.5. The molecule has 0 aliphatic carbocycles. The van der Waals surface area contributed by atoms with Crippen LogP contribution in [-0.4, -0.2) is 44.9 Å². The molecule has 0 aromatic heterocycles. The van der Waals surface area contributed by atoms with Gasteiger partial charge in [-0.05, 0) is 50.5 Å². The number of nitrogens with zero attached hydrogens (tertiary/aromatic N) is 1. The zero-order chi connectivity index (χ0) is 18.3. The third-order valence-electron chi connectivity index (χ3n) is 4.36. The van der Waals surface area contributed by atoms with Crippen LogP contribution in [0.3, 0.4) is 0 Å². The van der Waals surface area contributed by atoms with E-state index in [0.29, 0.717) is 31.9 Å². The minimum absolute atomic E-state index is 0.0416. The van der Waals surface area contributed by atoms with Crippen LogP contribution >= 0.6 is 0 Å². The molecule has 1 aromatic rings. The maximum absolute atomic E-state index is 12.8. The van der Waals surface area contributed by atoms with E-state index < -0.39 is 10.0 Å². The first-order chi connectivity index (χ1) is 12.0. The molecule has 2 rings (SSSR count). The molecule has 1 fully saturated rings. The lowest BCUT2D eigenvalue weighted by atomic mass is 9.99. The van der Waals surface area contributed by atoms with Crippen molar-refractivity contribution in [3.63, 3.8) is 0 Å². The van der Waals surface area contributed by atoms with Gasteiger partial charge in [0.25, 0.3) is 0 Å². The largest absolute Gasteiger partial charge is 0.494 e. The number of hydrogen-bond donors (Lipinski definition) is 1. The molecule has 1 N–H and O–H groups in total. The van der Waals surface area contributed by atoms with Gasteiger partial charge >= 0.3 is 0 Å². The molecule has 1 heterocycles. The van der Waals surface area contributed by atoms with E-state index in [-0.39, 0.29) is 23.3 Å². The number of piperidine rings is 1. The quantitative estimate of drug-likeness (QED) is 0.715. The monoisotopic (exact) mass is 368 g/mol. The maximum atomic E-state index is 12.8. The highest BCUT2D eigenvalue weighted by Gasteiger charge is 2.33. The second kappa shape index (κ2) is 9.20. The van der Waals surface area contributed by atoms with Crippen LogP contribution in [-0.2, 0) is 14.8 Å². The predicted octanol–water partition coefficient (Wildman–Crippen LogP) is 2.40. The molecule has 0 saturated carbocycles. The zero-order valence-electron chi connectivity index (χ0n) is 15.0. The van der Waals surface area contributed by atoms with E-state index in [1.807, 2.05) is 6.92 Å². The number of ether oxygens (including phenoxy) is 1. The van der Waals surface area contributed by atoms with Gasteiger partial charge in [0.05, 0.1) is 17.4 Å². The van der Waals surface area contributed by atoms with Gasteiger partial charge < -0.3 is 10.1 Å². The number of hydrogen-bond acceptors (Lipinski definition) is 4. The van der Waals surface area contributed by atoms with E-state index in [4.69, 9.17) is 4.74 Å². The lowest BCUT2D eigenvalue weighted by Crippen LogP contribution is -2.45. The molecule has 0 unspecified atom stereocenters. The highest BCUT2D eigenvalue weighted by Crippen LogP contribution is 2.25. The van der Waals surface area contributed by atoms with Gasteiger partial charge in [-0.25, -0.2) is 8.42 Å². The summed E-state index contributed by atoms with van der Waals surface area (Å²) in [6.07, 6.45) is 3.38. The van der Waals surface area contributed by atoms with E-state index >= 15 is 0 Å². The second-order valence-electron chi connectivity index (χ2n) is 6.25. The number of carbonyl (C=O) groups excluding carboxylic acids is 1. The fourth-order valence-corrected chi connectivity index (χ4v) is 4.45. The SMILES string of the molecule is CCCCNC(=O)[C@H]1CCCN(S(=O)(=O)c2ccc(OCC)cc2)C1. The van der Waals surface area contributed by atoms with Gasteiger partial charge in [-0.2, -0.15) is 4.31 Å². The number of amides is 1. The summed E-state index contributed by atoms with van der Waals surface area (Å²) >= 11 is 0. The van der Waals surface area contributed by atoms with Gasteiger partial charge in [0.1, 0.15) is 5.75 Å². The standard InChI is InChI=1S/C18H28N2O4S/c1-3-5-12-19-18(21)15-7-6-13-20(14-15)25(22,23)17-10-8-16(9-11-17)24-4-2/h8-11,15H,3-7,12-14H2,1-2H3,(H,19,21)/t15-/m0/s1. The Bertz CT molecular complexity index is 658. The van der Waals surface area contributed by atoms with E-state index in [1.165, 1.54) is 4.31 Å². The molecule has 7 heteroatoms. The van der Waals surface area contributed by atoms with Crippen molar-refractivity contribution in [2.45, 2.75) is 44.4 Å². The average Bonchev–Trinajstić information content (AvgIpc) is 2.63. The fraction of sp³-hybridized carbons (Fsp3) is 0.611. The van der Waals surface area contributed by atoms with Crippen LogP contribution in [0.1, 0.15) is 39.5 Å². The van der Waals surface area contributed by atoms with Gasteiger partial charge in [0, 0.05) is 19.6 Å². The average molecular weight is 368 g/mol. The van der Waals surface area contributed by atoms with Crippen LogP contribution in [0.4, 0.5) is 0 Å². The van der Waals surface area contributed by atoms with Crippen molar-refractivity contribution in [3.8, 4) is 5.75 Å². The molecular formula is C18H28N2O4S. The first-order valence-electron chi connectivity index (χ1n) is 8.99. The Kier molecular flexibility index (Phi) is 7.25. The van der Waals surface area contributed by atoms with Crippen molar-refractivity contribution in [2.75, 3.05) is 26.2 Å². The Balaban J connectivity index is 2.04. The lowest BCUT2D eigenvalue weighted by molar-refractivity contribution is -0.126. The Labute approximate surface area is 150 Å². The number of nitrogens with one attached hydrogen (secondary N) is 1. The summed E-state index contributed by atoms with van der Waals surface area (Å²) in [7, 11) is -3.59. The molecular weight excluding hydrogens is 340 g/mol. The van der Waals surface area contributed by atoms with Crippen molar-refractivity contribution in [3.05, 3.63) is 24.3 Å². The predicted molar refractivity (Wildman–Crippen MR) is 97.0 cm³/mol. The number of carbonyl (C=O) groups is 1. The molecule has 6 nitrogen and oxygen atoms in total.